The van der Waals surface area contributed by atoms with Crippen LogP contribution >= 0.6 is 0 Å². The minimum atomic E-state index is -0.0509. The van der Waals surface area contributed by atoms with Crippen molar-refractivity contribution in [1.82, 2.24) is 9.55 Å². The van der Waals surface area contributed by atoms with E-state index in [0.717, 1.165) is 0 Å². The molecule has 1 aromatic carbocycles. The van der Waals surface area contributed by atoms with Crippen LogP contribution in [0.25, 0.3) is 10.9 Å². The van der Waals surface area contributed by atoms with Crippen molar-refractivity contribution in [3.8, 4) is 0 Å². The smallest absolute Gasteiger partial charge is 0.260 e. The fraction of sp³-hybridized carbons (Fsp3) is 0.111. The van der Waals surface area contributed by atoms with Crippen LogP contribution in [0.1, 0.15) is 0 Å². The van der Waals surface area contributed by atoms with Gasteiger partial charge in [0.15, 0.2) is 0 Å². The summed E-state index contributed by atoms with van der Waals surface area (Å²) in [4.78, 5) is 15.6. The van der Waals surface area contributed by atoms with Gasteiger partial charge in [-0.2, -0.15) is 0 Å². The highest BCUT2D eigenvalue weighted by molar-refractivity contribution is 5.80. The number of hydrogen-bond donors (Lipinski definition) is 1. The van der Waals surface area contributed by atoms with E-state index >= 15 is 0 Å². The molecule has 2 aromatic rings. The van der Waals surface area contributed by atoms with Crippen LogP contribution in [0, 0.1) is 0 Å². The minimum Gasteiger partial charge on any atom is -0.399 e. The largest absolute Gasteiger partial charge is 0.399 e. The van der Waals surface area contributed by atoms with Crippen molar-refractivity contribution in [2.24, 2.45) is 7.05 Å². The number of nitrogens with two attached hydrogens (primary N) is 1. The molecule has 2 N–H and O–H groups in total. The Hall–Kier alpha value is -1.84. The number of rotatable bonds is 0. The van der Waals surface area contributed by atoms with Gasteiger partial charge >= 0.3 is 0 Å². The lowest BCUT2D eigenvalue weighted by Gasteiger charge is -2.00. The lowest BCUT2D eigenvalue weighted by molar-refractivity contribution is 0.843. The van der Waals surface area contributed by atoms with Gasteiger partial charge in [0.1, 0.15) is 0 Å². The number of nitrogens with zero attached hydrogens (tertiary/aromatic N) is 2. The lowest BCUT2D eigenvalue weighted by Crippen LogP contribution is -2.16. The van der Waals surface area contributed by atoms with Gasteiger partial charge in [-0.3, -0.25) is 4.79 Å². The SMILES string of the molecule is Cn1cnc2cc(N)ccc2c1=O. The van der Waals surface area contributed by atoms with E-state index in [4.69, 9.17) is 5.73 Å². The van der Waals surface area contributed by atoms with Crippen molar-refractivity contribution in [2.45, 2.75) is 0 Å². The first kappa shape index (κ1) is 7.79. The van der Waals surface area contributed by atoms with Crippen molar-refractivity contribution in [1.29, 1.82) is 0 Å². The van der Waals surface area contributed by atoms with Crippen LogP contribution in [-0.2, 0) is 7.05 Å². The first-order valence-corrected chi connectivity index (χ1v) is 3.89. The maximum atomic E-state index is 11.5. The number of nitrogen functional groups attached to an aromatic ring is 1. The number of fused-ring (bicyclic) bond motifs is 1. The molecule has 66 valence electrons. The van der Waals surface area contributed by atoms with E-state index in [1.54, 1.807) is 25.2 Å². The number of anilines is 1. The van der Waals surface area contributed by atoms with Gasteiger partial charge in [-0.05, 0) is 18.2 Å². The highest BCUT2D eigenvalue weighted by Gasteiger charge is 2.00. The second kappa shape index (κ2) is 2.58. The number of aromatic nitrogens is 2. The maximum absolute atomic E-state index is 11.5. The molecule has 13 heavy (non-hydrogen) atoms. The normalized spacial score (nSPS) is 10.5. The molecule has 0 amide bonds. The van der Waals surface area contributed by atoms with Crippen LogP contribution < -0.4 is 11.3 Å². The highest BCUT2D eigenvalue weighted by Crippen LogP contribution is 2.10. The standard InChI is InChI=1S/C9H9N3O/c1-12-5-11-8-4-6(10)2-3-7(8)9(12)13/h2-5H,10H2,1H3. The Morgan fingerprint density at radius 3 is 3.00 bits per heavy atom. The summed E-state index contributed by atoms with van der Waals surface area (Å²) in [6.45, 7) is 0. The van der Waals surface area contributed by atoms with Crippen molar-refractivity contribution in [2.75, 3.05) is 5.73 Å². The first-order chi connectivity index (χ1) is 6.18. The van der Waals surface area contributed by atoms with Crippen LogP contribution in [0.2, 0.25) is 0 Å². The van der Waals surface area contributed by atoms with Gasteiger partial charge < -0.3 is 10.3 Å². The number of hydrogen-bond acceptors (Lipinski definition) is 3. The average molecular weight is 175 g/mol. The molecule has 0 aliphatic heterocycles. The van der Waals surface area contributed by atoms with Crippen LogP contribution in [-0.4, -0.2) is 9.55 Å². The topological polar surface area (TPSA) is 60.9 Å². The van der Waals surface area contributed by atoms with Crippen LogP contribution in [0.15, 0.2) is 29.3 Å². The van der Waals surface area contributed by atoms with Crippen molar-refractivity contribution in [3.05, 3.63) is 34.9 Å². The Morgan fingerprint density at radius 1 is 1.46 bits per heavy atom. The quantitative estimate of drug-likeness (QED) is 0.593. The van der Waals surface area contributed by atoms with E-state index < -0.39 is 0 Å². The first-order valence-electron chi connectivity index (χ1n) is 3.89. The van der Waals surface area contributed by atoms with Gasteiger partial charge in [0, 0.05) is 12.7 Å². The van der Waals surface area contributed by atoms with Crippen molar-refractivity contribution < 1.29 is 0 Å². The van der Waals surface area contributed by atoms with Crippen LogP contribution in [0.3, 0.4) is 0 Å². The summed E-state index contributed by atoms with van der Waals surface area (Å²) in [5.41, 5.74) is 6.77. The summed E-state index contributed by atoms with van der Waals surface area (Å²) < 4.78 is 1.44. The summed E-state index contributed by atoms with van der Waals surface area (Å²) in [5, 5.41) is 0.596. The molecular weight excluding hydrogens is 166 g/mol. The predicted octanol–water partition coefficient (Wildman–Crippen LogP) is 0.516. The number of benzene rings is 1. The van der Waals surface area contributed by atoms with E-state index in [2.05, 4.69) is 4.98 Å². The molecule has 2 rings (SSSR count). The third kappa shape index (κ3) is 1.16. The predicted molar refractivity (Wildman–Crippen MR) is 51.4 cm³/mol. The van der Waals surface area contributed by atoms with E-state index in [1.807, 2.05) is 0 Å². The third-order valence-corrected chi connectivity index (χ3v) is 1.94. The van der Waals surface area contributed by atoms with Gasteiger partial charge in [-0.25, -0.2) is 4.98 Å². The highest BCUT2D eigenvalue weighted by atomic mass is 16.1. The summed E-state index contributed by atoms with van der Waals surface area (Å²) in [6, 6.07) is 5.09. The molecule has 4 nitrogen and oxygen atoms in total. The maximum Gasteiger partial charge on any atom is 0.260 e. The van der Waals surface area contributed by atoms with Gasteiger partial charge in [0.25, 0.3) is 5.56 Å². The van der Waals surface area contributed by atoms with Crippen LogP contribution in [0.4, 0.5) is 5.69 Å². The molecule has 0 aliphatic rings. The average Bonchev–Trinajstić information content (AvgIpc) is 2.12. The lowest BCUT2D eigenvalue weighted by atomic mass is 10.2. The Kier molecular flexibility index (Phi) is 1.55. The molecule has 0 spiro atoms. The molecule has 0 radical (unpaired) electrons. The fourth-order valence-corrected chi connectivity index (χ4v) is 1.23. The fourth-order valence-electron chi connectivity index (χ4n) is 1.23. The Morgan fingerprint density at radius 2 is 2.23 bits per heavy atom. The molecule has 0 aliphatic carbocycles. The Bertz CT molecular complexity index is 516. The third-order valence-electron chi connectivity index (χ3n) is 1.94. The Labute approximate surface area is 74.6 Å². The zero-order chi connectivity index (χ0) is 9.42. The minimum absolute atomic E-state index is 0.0509. The van der Waals surface area contributed by atoms with Crippen LogP contribution in [0.5, 0.6) is 0 Å². The summed E-state index contributed by atoms with van der Waals surface area (Å²) in [5.74, 6) is 0. The van der Waals surface area contributed by atoms with E-state index in [-0.39, 0.29) is 5.56 Å². The van der Waals surface area contributed by atoms with Crippen molar-refractivity contribution in [3.63, 3.8) is 0 Å². The molecule has 1 aromatic heterocycles. The molecule has 0 bridgehead atoms. The van der Waals surface area contributed by atoms with E-state index in [0.29, 0.717) is 16.6 Å². The van der Waals surface area contributed by atoms with Crippen molar-refractivity contribution >= 4 is 16.6 Å². The molecule has 4 heteroatoms. The van der Waals surface area contributed by atoms with Gasteiger partial charge in [-0.15, -0.1) is 0 Å². The zero-order valence-corrected chi connectivity index (χ0v) is 7.19. The molecular formula is C9H9N3O. The van der Waals surface area contributed by atoms with Gasteiger partial charge in [0.2, 0.25) is 0 Å². The van der Waals surface area contributed by atoms with Gasteiger partial charge in [0.05, 0.1) is 17.2 Å². The Balaban J connectivity index is 2.95. The second-order valence-corrected chi connectivity index (χ2v) is 2.94. The zero-order valence-electron chi connectivity index (χ0n) is 7.19. The van der Waals surface area contributed by atoms with Gasteiger partial charge in [-0.1, -0.05) is 0 Å². The van der Waals surface area contributed by atoms with E-state index in [1.165, 1.54) is 10.9 Å². The molecule has 0 fully saturated rings. The monoisotopic (exact) mass is 175 g/mol. The molecule has 0 saturated carbocycles. The molecule has 0 atom stereocenters. The molecule has 0 unspecified atom stereocenters. The number of aryl methyl sites for hydroxylation is 1. The summed E-state index contributed by atoms with van der Waals surface area (Å²) >= 11 is 0. The molecule has 1 heterocycles. The summed E-state index contributed by atoms with van der Waals surface area (Å²) in [6.07, 6.45) is 1.49. The molecule has 0 saturated heterocycles. The second-order valence-electron chi connectivity index (χ2n) is 2.94. The summed E-state index contributed by atoms with van der Waals surface area (Å²) in [7, 11) is 1.67. The van der Waals surface area contributed by atoms with E-state index in [9.17, 15) is 4.79 Å².